The van der Waals surface area contributed by atoms with E-state index in [2.05, 4.69) is 13.8 Å². The summed E-state index contributed by atoms with van der Waals surface area (Å²) in [5, 5.41) is 0. The van der Waals surface area contributed by atoms with Crippen LogP contribution in [0.25, 0.3) is 0 Å². The summed E-state index contributed by atoms with van der Waals surface area (Å²) < 4.78 is 5.51. The van der Waals surface area contributed by atoms with E-state index < -0.39 is 0 Å². The number of hydrogen-bond donors (Lipinski definition) is 1. The second-order valence-electron chi connectivity index (χ2n) is 4.85. The van der Waals surface area contributed by atoms with Crippen LogP contribution in [0, 0.1) is 5.92 Å². The van der Waals surface area contributed by atoms with E-state index in [0.717, 1.165) is 32.1 Å². The molecule has 2 N–H and O–H groups in total. The molecule has 0 bridgehead atoms. The Bertz CT molecular complexity index is 114. The van der Waals surface area contributed by atoms with E-state index in [9.17, 15) is 0 Å². The zero-order chi connectivity index (χ0) is 12.1. The summed E-state index contributed by atoms with van der Waals surface area (Å²) in [5.74, 6) is 0.819. The van der Waals surface area contributed by atoms with Gasteiger partial charge in [0, 0.05) is 13.2 Å². The molecule has 0 aliphatic heterocycles. The van der Waals surface area contributed by atoms with Gasteiger partial charge in [0.1, 0.15) is 0 Å². The molecule has 0 amide bonds. The van der Waals surface area contributed by atoms with Crippen molar-refractivity contribution in [3.63, 3.8) is 0 Å². The van der Waals surface area contributed by atoms with Gasteiger partial charge in [0.15, 0.2) is 0 Å². The molecule has 0 aliphatic rings. The number of hydrogen-bond acceptors (Lipinski definition) is 2. The normalized spacial score (nSPS) is 12.9. The molecule has 0 spiro atoms. The molecule has 98 valence electrons. The van der Waals surface area contributed by atoms with Gasteiger partial charge in [0.25, 0.3) is 0 Å². The van der Waals surface area contributed by atoms with Crippen molar-refractivity contribution >= 4 is 0 Å². The number of unbranched alkanes of at least 4 members (excludes halogenated alkanes) is 4. The zero-order valence-electron chi connectivity index (χ0n) is 11.3. The second-order valence-corrected chi connectivity index (χ2v) is 4.85. The zero-order valence-corrected chi connectivity index (χ0v) is 11.3. The van der Waals surface area contributed by atoms with E-state index in [0.29, 0.717) is 0 Å². The van der Waals surface area contributed by atoms with Crippen molar-refractivity contribution < 1.29 is 4.74 Å². The Morgan fingerprint density at radius 1 is 0.938 bits per heavy atom. The third-order valence-corrected chi connectivity index (χ3v) is 3.05. The fraction of sp³-hybridized carbons (Fsp3) is 1.00. The number of rotatable bonds is 12. The third-order valence-electron chi connectivity index (χ3n) is 3.05. The lowest BCUT2D eigenvalue weighted by atomic mass is 10.00. The molecule has 2 heteroatoms. The highest BCUT2D eigenvalue weighted by atomic mass is 16.5. The molecule has 0 fully saturated rings. The van der Waals surface area contributed by atoms with Crippen LogP contribution in [0.15, 0.2) is 0 Å². The van der Waals surface area contributed by atoms with Crippen molar-refractivity contribution in [2.45, 2.75) is 65.2 Å². The van der Waals surface area contributed by atoms with Gasteiger partial charge in [-0.3, -0.25) is 0 Å². The topological polar surface area (TPSA) is 35.2 Å². The quantitative estimate of drug-likeness (QED) is 0.517. The Morgan fingerprint density at radius 3 is 2.38 bits per heavy atom. The highest BCUT2D eigenvalue weighted by Gasteiger charge is 2.01. The maximum atomic E-state index is 5.51. The Hall–Kier alpha value is -0.0800. The minimum Gasteiger partial charge on any atom is -0.381 e. The fourth-order valence-electron chi connectivity index (χ4n) is 1.81. The van der Waals surface area contributed by atoms with Crippen LogP contribution < -0.4 is 5.73 Å². The molecule has 0 heterocycles. The first-order chi connectivity index (χ1) is 7.81. The maximum Gasteiger partial charge on any atom is 0.0478 e. The summed E-state index contributed by atoms with van der Waals surface area (Å²) in [4.78, 5) is 0. The van der Waals surface area contributed by atoms with Gasteiger partial charge in [0.05, 0.1) is 0 Å². The lowest BCUT2D eigenvalue weighted by Crippen LogP contribution is -2.07. The average Bonchev–Trinajstić information content (AvgIpc) is 2.28. The number of ether oxygens (including phenoxy) is 1. The molecule has 0 radical (unpaired) electrons. The Labute approximate surface area is 102 Å². The smallest absolute Gasteiger partial charge is 0.0478 e. The molecule has 0 aliphatic carbocycles. The van der Waals surface area contributed by atoms with Crippen LogP contribution in [-0.2, 0) is 4.74 Å². The molecule has 1 unspecified atom stereocenters. The van der Waals surface area contributed by atoms with E-state index >= 15 is 0 Å². The van der Waals surface area contributed by atoms with Crippen molar-refractivity contribution in [3.8, 4) is 0 Å². The number of nitrogens with two attached hydrogens (primary N) is 1. The third kappa shape index (κ3) is 12.0. The molecule has 0 saturated carbocycles. The first-order valence-electron chi connectivity index (χ1n) is 7.09. The van der Waals surface area contributed by atoms with Crippen molar-refractivity contribution in [2.24, 2.45) is 11.7 Å². The minimum atomic E-state index is 0.743. The second kappa shape index (κ2) is 13.0. The van der Waals surface area contributed by atoms with Gasteiger partial charge in [-0.15, -0.1) is 0 Å². The Morgan fingerprint density at radius 2 is 1.69 bits per heavy atom. The SMILES string of the molecule is CCCCCCCC(C)CCOCCCN. The molecule has 1 atom stereocenters. The Kier molecular flexibility index (Phi) is 12.9. The maximum absolute atomic E-state index is 5.51. The summed E-state index contributed by atoms with van der Waals surface area (Å²) >= 11 is 0. The summed E-state index contributed by atoms with van der Waals surface area (Å²) in [5.41, 5.74) is 5.40. The van der Waals surface area contributed by atoms with Crippen molar-refractivity contribution in [1.82, 2.24) is 0 Å². The molecule has 0 aromatic rings. The van der Waals surface area contributed by atoms with Crippen LogP contribution in [0.1, 0.15) is 65.2 Å². The first kappa shape index (κ1) is 15.9. The first-order valence-corrected chi connectivity index (χ1v) is 7.09. The van der Waals surface area contributed by atoms with Crippen LogP contribution >= 0.6 is 0 Å². The molecular weight excluding hydrogens is 198 g/mol. The van der Waals surface area contributed by atoms with Gasteiger partial charge >= 0.3 is 0 Å². The van der Waals surface area contributed by atoms with E-state index in [4.69, 9.17) is 10.5 Å². The van der Waals surface area contributed by atoms with E-state index in [1.54, 1.807) is 0 Å². The van der Waals surface area contributed by atoms with Gasteiger partial charge in [-0.1, -0.05) is 52.4 Å². The van der Waals surface area contributed by atoms with Gasteiger partial charge in [0.2, 0.25) is 0 Å². The van der Waals surface area contributed by atoms with Crippen LogP contribution in [-0.4, -0.2) is 19.8 Å². The van der Waals surface area contributed by atoms with Crippen molar-refractivity contribution in [2.75, 3.05) is 19.8 Å². The average molecular weight is 229 g/mol. The summed E-state index contributed by atoms with van der Waals surface area (Å²) in [6.45, 7) is 7.09. The molecule has 2 nitrogen and oxygen atoms in total. The van der Waals surface area contributed by atoms with E-state index in [-0.39, 0.29) is 0 Å². The van der Waals surface area contributed by atoms with Gasteiger partial charge in [-0.05, 0) is 25.3 Å². The van der Waals surface area contributed by atoms with Gasteiger partial charge < -0.3 is 10.5 Å². The molecule has 16 heavy (non-hydrogen) atoms. The van der Waals surface area contributed by atoms with Crippen LogP contribution in [0.2, 0.25) is 0 Å². The minimum absolute atomic E-state index is 0.743. The summed E-state index contributed by atoms with van der Waals surface area (Å²) in [7, 11) is 0. The molecule has 0 saturated heterocycles. The van der Waals surface area contributed by atoms with Crippen LogP contribution in [0.4, 0.5) is 0 Å². The lowest BCUT2D eigenvalue weighted by Gasteiger charge is -2.11. The highest BCUT2D eigenvalue weighted by molar-refractivity contribution is 4.54. The van der Waals surface area contributed by atoms with Crippen molar-refractivity contribution in [1.29, 1.82) is 0 Å². The summed E-state index contributed by atoms with van der Waals surface area (Å²) in [6.07, 6.45) is 10.5. The largest absolute Gasteiger partial charge is 0.381 e. The predicted octanol–water partition coefficient (Wildman–Crippen LogP) is 3.74. The monoisotopic (exact) mass is 229 g/mol. The van der Waals surface area contributed by atoms with Gasteiger partial charge in [-0.25, -0.2) is 0 Å². The standard InChI is InChI=1S/C14H31NO/c1-3-4-5-6-7-9-14(2)10-13-16-12-8-11-15/h14H,3-13,15H2,1-2H3. The molecule has 0 rings (SSSR count). The Balaban J connectivity index is 3.09. The van der Waals surface area contributed by atoms with Crippen molar-refractivity contribution in [3.05, 3.63) is 0 Å². The van der Waals surface area contributed by atoms with E-state index in [1.807, 2.05) is 0 Å². The molecular formula is C14H31NO. The van der Waals surface area contributed by atoms with Crippen LogP contribution in [0.3, 0.4) is 0 Å². The fourth-order valence-corrected chi connectivity index (χ4v) is 1.81. The predicted molar refractivity (Wildman–Crippen MR) is 71.6 cm³/mol. The highest BCUT2D eigenvalue weighted by Crippen LogP contribution is 2.14. The summed E-state index contributed by atoms with van der Waals surface area (Å²) in [6, 6.07) is 0. The molecule has 0 aromatic heterocycles. The lowest BCUT2D eigenvalue weighted by molar-refractivity contribution is 0.119. The van der Waals surface area contributed by atoms with Gasteiger partial charge in [-0.2, -0.15) is 0 Å². The molecule has 0 aromatic carbocycles. The van der Waals surface area contributed by atoms with Crippen LogP contribution in [0.5, 0.6) is 0 Å². The van der Waals surface area contributed by atoms with E-state index in [1.165, 1.54) is 44.9 Å².